The molecule has 2 rings (SSSR count). The van der Waals surface area contributed by atoms with Gasteiger partial charge in [-0.05, 0) is 0 Å². The fraction of sp³-hybridized carbons (Fsp3) is 0.250. The van der Waals surface area contributed by atoms with Gasteiger partial charge in [-0.15, -0.1) is 0 Å². The van der Waals surface area contributed by atoms with Crippen molar-refractivity contribution in [2.24, 2.45) is 7.05 Å². The van der Waals surface area contributed by atoms with Crippen molar-refractivity contribution in [1.29, 1.82) is 0 Å². The molecule has 0 aliphatic carbocycles. The Bertz CT molecular complexity index is 429. The van der Waals surface area contributed by atoms with Crippen LogP contribution < -0.4 is 5.73 Å². The molecular formula is C8H10N4O. The minimum atomic E-state index is 0.538. The summed E-state index contributed by atoms with van der Waals surface area (Å²) < 4.78 is 6.71. The molecule has 2 aromatic rings. The summed E-state index contributed by atoms with van der Waals surface area (Å²) in [5.41, 5.74) is 7.20. The molecule has 5 nitrogen and oxygen atoms in total. The van der Waals surface area contributed by atoms with Gasteiger partial charge < -0.3 is 14.8 Å². The zero-order valence-electron chi connectivity index (χ0n) is 7.48. The molecule has 13 heavy (non-hydrogen) atoms. The number of hydrogen-bond donors (Lipinski definition) is 1. The molecule has 0 saturated carbocycles. The second-order valence-corrected chi connectivity index (χ2v) is 2.93. The Kier molecular flexibility index (Phi) is 1.58. The van der Waals surface area contributed by atoms with Gasteiger partial charge in [-0.2, -0.15) is 4.98 Å². The first-order valence-electron chi connectivity index (χ1n) is 3.89. The normalized spacial score (nSPS) is 10.6. The lowest BCUT2D eigenvalue weighted by atomic mass is 10.3. The molecule has 0 amide bonds. The monoisotopic (exact) mass is 178 g/mol. The highest BCUT2D eigenvalue weighted by Crippen LogP contribution is 2.23. The minimum absolute atomic E-state index is 0.538. The molecule has 0 unspecified atom stereocenters. The van der Waals surface area contributed by atoms with Crippen LogP contribution in [0.4, 0.5) is 5.69 Å². The summed E-state index contributed by atoms with van der Waals surface area (Å²) in [7, 11) is 1.90. The van der Waals surface area contributed by atoms with E-state index in [1.807, 2.05) is 17.8 Å². The van der Waals surface area contributed by atoms with Crippen LogP contribution in [0.25, 0.3) is 11.4 Å². The molecule has 0 fully saturated rings. The number of nitrogen functional groups attached to an aromatic ring is 1. The third-order valence-corrected chi connectivity index (χ3v) is 1.75. The van der Waals surface area contributed by atoms with E-state index in [9.17, 15) is 0 Å². The van der Waals surface area contributed by atoms with Crippen molar-refractivity contribution in [2.75, 3.05) is 5.73 Å². The van der Waals surface area contributed by atoms with E-state index in [2.05, 4.69) is 10.1 Å². The van der Waals surface area contributed by atoms with Crippen molar-refractivity contribution in [3.63, 3.8) is 0 Å². The first-order valence-corrected chi connectivity index (χ1v) is 3.89. The highest BCUT2D eigenvalue weighted by atomic mass is 16.5. The van der Waals surface area contributed by atoms with Gasteiger partial charge in [-0.1, -0.05) is 5.16 Å². The summed E-state index contributed by atoms with van der Waals surface area (Å²) in [6, 6.07) is 0. The quantitative estimate of drug-likeness (QED) is 0.706. The molecule has 0 atom stereocenters. The van der Waals surface area contributed by atoms with E-state index in [1.54, 1.807) is 13.1 Å². The third kappa shape index (κ3) is 1.28. The van der Waals surface area contributed by atoms with E-state index < -0.39 is 0 Å². The van der Waals surface area contributed by atoms with Gasteiger partial charge in [0.15, 0.2) is 0 Å². The number of hydrogen-bond acceptors (Lipinski definition) is 4. The van der Waals surface area contributed by atoms with Crippen LogP contribution >= 0.6 is 0 Å². The molecule has 2 heterocycles. The Labute approximate surface area is 75.2 Å². The summed E-state index contributed by atoms with van der Waals surface area (Å²) in [5.74, 6) is 1.08. The van der Waals surface area contributed by atoms with Crippen LogP contribution in [-0.2, 0) is 7.05 Å². The fourth-order valence-electron chi connectivity index (χ4n) is 1.20. The SMILES string of the molecule is Cc1nc(-c2cn(C)cc2N)no1. The summed E-state index contributed by atoms with van der Waals surface area (Å²) >= 11 is 0. The van der Waals surface area contributed by atoms with Crippen LogP contribution in [0.5, 0.6) is 0 Å². The Morgan fingerprint density at radius 3 is 2.69 bits per heavy atom. The lowest BCUT2D eigenvalue weighted by Gasteiger charge is -1.88. The van der Waals surface area contributed by atoms with Gasteiger partial charge in [0.1, 0.15) is 0 Å². The summed E-state index contributed by atoms with van der Waals surface area (Å²) in [4.78, 5) is 4.08. The molecule has 68 valence electrons. The van der Waals surface area contributed by atoms with E-state index in [-0.39, 0.29) is 0 Å². The smallest absolute Gasteiger partial charge is 0.223 e. The lowest BCUT2D eigenvalue weighted by molar-refractivity contribution is 0.394. The maximum Gasteiger partial charge on any atom is 0.223 e. The van der Waals surface area contributed by atoms with Crippen LogP contribution in [0.2, 0.25) is 0 Å². The number of aromatic nitrogens is 3. The molecule has 2 N–H and O–H groups in total. The number of aryl methyl sites for hydroxylation is 2. The Balaban J connectivity index is 2.51. The van der Waals surface area contributed by atoms with Crippen molar-refractivity contribution >= 4 is 5.69 Å². The van der Waals surface area contributed by atoms with Gasteiger partial charge in [-0.25, -0.2) is 0 Å². The lowest BCUT2D eigenvalue weighted by Crippen LogP contribution is -1.85. The number of nitrogens with two attached hydrogens (primary N) is 1. The van der Waals surface area contributed by atoms with Crippen molar-refractivity contribution in [3.8, 4) is 11.4 Å². The van der Waals surface area contributed by atoms with Gasteiger partial charge in [0.2, 0.25) is 11.7 Å². The zero-order chi connectivity index (χ0) is 9.42. The summed E-state index contributed by atoms with van der Waals surface area (Å²) in [6.45, 7) is 1.75. The largest absolute Gasteiger partial charge is 0.397 e. The second kappa shape index (κ2) is 2.62. The molecule has 0 spiro atoms. The molecule has 0 aliphatic heterocycles. The predicted molar refractivity (Wildman–Crippen MR) is 47.9 cm³/mol. The van der Waals surface area contributed by atoms with Gasteiger partial charge in [0.25, 0.3) is 0 Å². The van der Waals surface area contributed by atoms with E-state index in [4.69, 9.17) is 10.3 Å². The van der Waals surface area contributed by atoms with Crippen molar-refractivity contribution in [2.45, 2.75) is 6.92 Å². The standard InChI is InChI=1S/C8H10N4O/c1-5-10-8(11-13-5)6-3-12(2)4-7(6)9/h3-4H,9H2,1-2H3. The molecule has 5 heteroatoms. The molecule has 2 aromatic heterocycles. The van der Waals surface area contributed by atoms with Gasteiger partial charge >= 0.3 is 0 Å². The third-order valence-electron chi connectivity index (χ3n) is 1.75. The minimum Gasteiger partial charge on any atom is -0.397 e. The van der Waals surface area contributed by atoms with E-state index in [0.717, 1.165) is 5.56 Å². The van der Waals surface area contributed by atoms with E-state index >= 15 is 0 Å². The molecule has 0 aromatic carbocycles. The van der Waals surface area contributed by atoms with E-state index in [1.165, 1.54) is 0 Å². The van der Waals surface area contributed by atoms with Crippen LogP contribution in [0, 0.1) is 6.92 Å². The Hall–Kier alpha value is -1.78. The van der Waals surface area contributed by atoms with Gasteiger partial charge in [-0.3, -0.25) is 0 Å². The van der Waals surface area contributed by atoms with Crippen molar-refractivity contribution in [1.82, 2.24) is 14.7 Å². The number of rotatable bonds is 1. The number of nitrogens with zero attached hydrogens (tertiary/aromatic N) is 3. The molecular weight excluding hydrogens is 168 g/mol. The fourth-order valence-corrected chi connectivity index (χ4v) is 1.20. The van der Waals surface area contributed by atoms with Crippen LogP contribution in [-0.4, -0.2) is 14.7 Å². The molecule has 0 radical (unpaired) electrons. The summed E-state index contributed by atoms with van der Waals surface area (Å²) in [6.07, 6.45) is 3.67. The second-order valence-electron chi connectivity index (χ2n) is 2.93. The van der Waals surface area contributed by atoms with Crippen molar-refractivity contribution in [3.05, 3.63) is 18.3 Å². The molecule has 0 bridgehead atoms. The average molecular weight is 178 g/mol. The van der Waals surface area contributed by atoms with Crippen LogP contribution in [0.15, 0.2) is 16.9 Å². The molecule has 0 aliphatic rings. The Morgan fingerprint density at radius 1 is 1.46 bits per heavy atom. The highest BCUT2D eigenvalue weighted by Gasteiger charge is 2.10. The Morgan fingerprint density at radius 2 is 2.23 bits per heavy atom. The first kappa shape index (κ1) is 7.85. The topological polar surface area (TPSA) is 69.9 Å². The van der Waals surface area contributed by atoms with Crippen LogP contribution in [0.3, 0.4) is 0 Å². The molecule has 0 saturated heterocycles. The zero-order valence-corrected chi connectivity index (χ0v) is 7.48. The first-order chi connectivity index (χ1) is 6.16. The summed E-state index contributed by atoms with van der Waals surface area (Å²) in [5, 5.41) is 3.78. The highest BCUT2D eigenvalue weighted by molar-refractivity contribution is 5.70. The predicted octanol–water partition coefficient (Wildman–Crippen LogP) is 0.966. The van der Waals surface area contributed by atoms with E-state index in [0.29, 0.717) is 17.4 Å². The van der Waals surface area contributed by atoms with Gasteiger partial charge in [0.05, 0.1) is 11.3 Å². The maximum absolute atomic E-state index is 5.74. The average Bonchev–Trinajstić information content (AvgIpc) is 2.58. The van der Waals surface area contributed by atoms with Crippen LogP contribution in [0.1, 0.15) is 5.89 Å². The number of anilines is 1. The van der Waals surface area contributed by atoms with Crippen molar-refractivity contribution < 1.29 is 4.52 Å². The maximum atomic E-state index is 5.74. The van der Waals surface area contributed by atoms with Gasteiger partial charge in [0, 0.05) is 26.4 Å².